The van der Waals surface area contributed by atoms with Crippen LogP contribution in [0.15, 0.2) is 24.3 Å². The fraction of sp³-hybridized carbons (Fsp3) is 0.476. The first kappa shape index (κ1) is 20.3. The van der Waals surface area contributed by atoms with Gasteiger partial charge in [-0.2, -0.15) is 4.98 Å². The molecule has 1 aromatic carbocycles. The molecule has 3 heterocycles. The quantitative estimate of drug-likeness (QED) is 0.832. The summed E-state index contributed by atoms with van der Waals surface area (Å²) < 4.78 is 19.1. The summed E-state index contributed by atoms with van der Waals surface area (Å²) in [6.45, 7) is 9.10. The number of nitrogens with one attached hydrogen (secondary N) is 1. The molecule has 2 fully saturated rings. The highest BCUT2D eigenvalue weighted by atomic mass is 19.1. The van der Waals surface area contributed by atoms with Gasteiger partial charge in [0.05, 0.1) is 13.2 Å². The Balaban J connectivity index is 1.37. The van der Waals surface area contributed by atoms with E-state index in [1.54, 1.807) is 24.0 Å². The maximum absolute atomic E-state index is 13.7. The van der Waals surface area contributed by atoms with E-state index in [0.717, 1.165) is 30.5 Å². The molecular formula is C21H27FN6O2. The van der Waals surface area contributed by atoms with Crippen molar-refractivity contribution in [1.82, 2.24) is 14.9 Å². The molecule has 0 radical (unpaired) electrons. The number of nitrogens with zero attached hydrogens (tertiary/aromatic N) is 5. The molecule has 0 atom stereocenters. The van der Waals surface area contributed by atoms with Crippen LogP contribution in [0.3, 0.4) is 0 Å². The van der Waals surface area contributed by atoms with Crippen molar-refractivity contribution in [2.24, 2.45) is 0 Å². The molecule has 1 aromatic heterocycles. The summed E-state index contributed by atoms with van der Waals surface area (Å²) in [6.07, 6.45) is 0. The van der Waals surface area contributed by atoms with Gasteiger partial charge in [0.2, 0.25) is 5.95 Å². The Labute approximate surface area is 175 Å². The van der Waals surface area contributed by atoms with E-state index in [0.29, 0.717) is 50.6 Å². The molecule has 4 rings (SSSR count). The van der Waals surface area contributed by atoms with Crippen LogP contribution in [0, 0.1) is 19.7 Å². The van der Waals surface area contributed by atoms with Crippen LogP contribution in [0.25, 0.3) is 0 Å². The predicted octanol–water partition coefficient (Wildman–Crippen LogP) is 2.42. The number of amides is 2. The highest BCUT2D eigenvalue weighted by Gasteiger charge is 2.24. The summed E-state index contributed by atoms with van der Waals surface area (Å²) in [6, 6.07) is 6.48. The molecule has 2 saturated heterocycles. The second-order valence-corrected chi connectivity index (χ2v) is 7.64. The van der Waals surface area contributed by atoms with Gasteiger partial charge in [0.25, 0.3) is 0 Å². The van der Waals surface area contributed by atoms with Crippen LogP contribution in [-0.4, -0.2) is 73.4 Å². The minimum absolute atomic E-state index is 0.217. The molecule has 30 heavy (non-hydrogen) atoms. The van der Waals surface area contributed by atoms with Crippen LogP contribution >= 0.6 is 0 Å². The van der Waals surface area contributed by atoms with E-state index < -0.39 is 0 Å². The molecule has 0 unspecified atom stereocenters. The van der Waals surface area contributed by atoms with Gasteiger partial charge in [-0.15, -0.1) is 0 Å². The second-order valence-electron chi connectivity index (χ2n) is 7.64. The molecule has 2 amide bonds. The monoisotopic (exact) mass is 414 g/mol. The number of aromatic nitrogens is 2. The lowest BCUT2D eigenvalue weighted by molar-refractivity contribution is 0.122. The molecule has 160 valence electrons. The number of carbonyl (C=O) groups is 1. The third kappa shape index (κ3) is 4.62. The molecule has 9 heteroatoms. The Morgan fingerprint density at radius 1 is 1.00 bits per heavy atom. The molecule has 8 nitrogen and oxygen atoms in total. The Morgan fingerprint density at radius 2 is 1.73 bits per heavy atom. The number of urea groups is 1. The van der Waals surface area contributed by atoms with E-state index in [-0.39, 0.29) is 11.8 Å². The first-order valence-corrected chi connectivity index (χ1v) is 10.2. The fourth-order valence-electron chi connectivity index (χ4n) is 3.62. The van der Waals surface area contributed by atoms with Gasteiger partial charge in [-0.05, 0) is 31.5 Å². The zero-order valence-corrected chi connectivity index (χ0v) is 17.4. The summed E-state index contributed by atoms with van der Waals surface area (Å²) in [4.78, 5) is 28.0. The van der Waals surface area contributed by atoms with Crippen molar-refractivity contribution >= 4 is 23.5 Å². The highest BCUT2D eigenvalue weighted by molar-refractivity contribution is 5.89. The predicted molar refractivity (Wildman–Crippen MR) is 114 cm³/mol. The van der Waals surface area contributed by atoms with E-state index in [1.807, 2.05) is 13.0 Å². The molecule has 2 aromatic rings. The summed E-state index contributed by atoms with van der Waals surface area (Å²) in [5, 5.41) is 2.78. The smallest absolute Gasteiger partial charge is 0.321 e. The molecule has 1 N–H and O–H groups in total. The van der Waals surface area contributed by atoms with Crippen molar-refractivity contribution in [3.05, 3.63) is 41.3 Å². The second kappa shape index (κ2) is 8.83. The molecule has 2 aliphatic rings. The number of benzene rings is 1. The molecule has 0 aliphatic carbocycles. The van der Waals surface area contributed by atoms with Crippen LogP contribution in [0.1, 0.15) is 11.3 Å². The Bertz CT molecular complexity index is 910. The largest absolute Gasteiger partial charge is 0.378 e. The normalized spacial score (nSPS) is 17.2. The van der Waals surface area contributed by atoms with E-state index in [2.05, 4.69) is 20.1 Å². The van der Waals surface area contributed by atoms with Gasteiger partial charge in [0.1, 0.15) is 11.6 Å². The summed E-state index contributed by atoms with van der Waals surface area (Å²) in [5.74, 6) is 1.28. The number of rotatable bonds is 3. The van der Waals surface area contributed by atoms with Crippen LogP contribution < -0.4 is 15.1 Å². The summed E-state index contributed by atoms with van der Waals surface area (Å²) >= 11 is 0. The number of aryl methyl sites for hydroxylation is 2. The Morgan fingerprint density at radius 3 is 2.43 bits per heavy atom. The minimum atomic E-state index is -0.326. The lowest BCUT2D eigenvalue weighted by atomic mass is 10.2. The molecule has 0 bridgehead atoms. The van der Waals surface area contributed by atoms with Crippen molar-refractivity contribution < 1.29 is 13.9 Å². The van der Waals surface area contributed by atoms with E-state index in [9.17, 15) is 9.18 Å². The minimum Gasteiger partial charge on any atom is -0.378 e. The average molecular weight is 414 g/mol. The van der Waals surface area contributed by atoms with Gasteiger partial charge in [0.15, 0.2) is 0 Å². The first-order valence-electron chi connectivity index (χ1n) is 10.2. The van der Waals surface area contributed by atoms with Gasteiger partial charge in [-0.1, -0.05) is 6.07 Å². The fourth-order valence-corrected chi connectivity index (χ4v) is 3.62. The topological polar surface area (TPSA) is 73.8 Å². The zero-order chi connectivity index (χ0) is 21.1. The number of anilines is 3. The Hall–Kier alpha value is -2.94. The van der Waals surface area contributed by atoms with Crippen molar-refractivity contribution in [2.75, 3.05) is 67.6 Å². The third-order valence-electron chi connectivity index (χ3n) is 5.44. The zero-order valence-electron chi connectivity index (χ0n) is 17.4. The van der Waals surface area contributed by atoms with Crippen LogP contribution in [0.4, 0.5) is 26.6 Å². The van der Waals surface area contributed by atoms with E-state index >= 15 is 0 Å². The number of halogens is 1. The van der Waals surface area contributed by atoms with Gasteiger partial charge in [-0.25, -0.2) is 14.2 Å². The number of ether oxygens (including phenoxy) is 1. The maximum Gasteiger partial charge on any atom is 0.321 e. The SMILES string of the molecule is Cc1cc(N2CCN(C(=O)Nc3ccc(C)c(F)c3)CC2)nc(N2CCOCC2)n1. The summed E-state index contributed by atoms with van der Waals surface area (Å²) in [5.41, 5.74) is 1.94. The van der Waals surface area contributed by atoms with Gasteiger partial charge >= 0.3 is 6.03 Å². The maximum atomic E-state index is 13.7. The molecule has 2 aliphatic heterocycles. The lowest BCUT2D eigenvalue weighted by Gasteiger charge is -2.36. The summed E-state index contributed by atoms with van der Waals surface area (Å²) in [7, 11) is 0. The Kier molecular flexibility index (Phi) is 5.98. The van der Waals surface area contributed by atoms with E-state index in [1.165, 1.54) is 6.07 Å². The molecule has 0 spiro atoms. The molecular weight excluding hydrogens is 387 g/mol. The molecule has 0 saturated carbocycles. The number of hydrogen-bond donors (Lipinski definition) is 1. The van der Waals surface area contributed by atoms with Crippen molar-refractivity contribution in [2.45, 2.75) is 13.8 Å². The highest BCUT2D eigenvalue weighted by Crippen LogP contribution is 2.20. The van der Waals surface area contributed by atoms with Crippen LogP contribution in [0.2, 0.25) is 0 Å². The van der Waals surface area contributed by atoms with Crippen molar-refractivity contribution in [1.29, 1.82) is 0 Å². The van der Waals surface area contributed by atoms with Gasteiger partial charge < -0.3 is 24.8 Å². The van der Waals surface area contributed by atoms with Gasteiger partial charge in [0, 0.05) is 56.7 Å². The number of piperazine rings is 1. The first-order chi connectivity index (χ1) is 14.5. The lowest BCUT2D eigenvalue weighted by Crippen LogP contribution is -2.50. The average Bonchev–Trinajstić information content (AvgIpc) is 2.76. The van der Waals surface area contributed by atoms with Crippen molar-refractivity contribution in [3.63, 3.8) is 0 Å². The third-order valence-corrected chi connectivity index (χ3v) is 5.44. The number of carbonyl (C=O) groups excluding carboxylic acids is 1. The van der Waals surface area contributed by atoms with Crippen LogP contribution in [0.5, 0.6) is 0 Å². The van der Waals surface area contributed by atoms with E-state index in [4.69, 9.17) is 9.72 Å². The van der Waals surface area contributed by atoms with Crippen LogP contribution in [-0.2, 0) is 4.74 Å². The number of morpholine rings is 1. The van der Waals surface area contributed by atoms with Gasteiger partial charge in [-0.3, -0.25) is 0 Å². The number of hydrogen-bond acceptors (Lipinski definition) is 6. The van der Waals surface area contributed by atoms with Crippen molar-refractivity contribution in [3.8, 4) is 0 Å². The standard InChI is InChI=1S/C21H27FN6O2/c1-15-3-4-17(14-18(15)22)24-21(29)28-7-5-26(6-8-28)19-13-16(2)23-20(25-19)27-9-11-30-12-10-27/h3-4,13-14H,5-12H2,1-2H3,(H,24,29).